The van der Waals surface area contributed by atoms with Crippen LogP contribution in [0.5, 0.6) is 0 Å². The average molecular weight is 315 g/mol. The molecule has 1 N–H and O–H groups in total. The molecule has 110 valence electrons. The van der Waals surface area contributed by atoms with Gasteiger partial charge in [-0.3, -0.25) is 19.3 Å². The lowest BCUT2D eigenvalue weighted by molar-refractivity contribution is 0.0692. The van der Waals surface area contributed by atoms with Crippen LogP contribution in [0.2, 0.25) is 5.02 Å². The minimum atomic E-state index is -0.376. The second-order valence-electron chi connectivity index (χ2n) is 4.89. The second-order valence-corrected chi connectivity index (χ2v) is 5.33. The van der Waals surface area contributed by atoms with Gasteiger partial charge in [0.2, 0.25) is 0 Å². The molecular formula is C16H11ClN2O3. The predicted molar refractivity (Wildman–Crippen MR) is 82.3 cm³/mol. The van der Waals surface area contributed by atoms with Crippen LogP contribution in [0.3, 0.4) is 0 Å². The van der Waals surface area contributed by atoms with Gasteiger partial charge < -0.3 is 5.32 Å². The number of rotatable bonds is 2. The van der Waals surface area contributed by atoms with Gasteiger partial charge >= 0.3 is 0 Å². The SMILES string of the molecule is CN1C(=O)c2ccc(NC(=O)c3cccc(Cl)c3)cc2C1=O. The Hall–Kier alpha value is -2.66. The maximum Gasteiger partial charge on any atom is 0.261 e. The summed E-state index contributed by atoms with van der Waals surface area (Å²) in [7, 11) is 1.43. The zero-order valence-corrected chi connectivity index (χ0v) is 12.3. The zero-order chi connectivity index (χ0) is 15.9. The number of hydrogen-bond donors (Lipinski definition) is 1. The van der Waals surface area contributed by atoms with Crippen molar-refractivity contribution in [3.8, 4) is 0 Å². The van der Waals surface area contributed by atoms with E-state index in [9.17, 15) is 14.4 Å². The molecule has 0 unspecified atom stereocenters. The van der Waals surface area contributed by atoms with Crippen molar-refractivity contribution in [2.45, 2.75) is 0 Å². The topological polar surface area (TPSA) is 66.5 Å². The maximum absolute atomic E-state index is 12.1. The third-order valence-corrected chi connectivity index (χ3v) is 3.67. The van der Waals surface area contributed by atoms with Gasteiger partial charge in [-0.2, -0.15) is 0 Å². The van der Waals surface area contributed by atoms with Crippen LogP contribution in [-0.4, -0.2) is 29.7 Å². The molecule has 6 heteroatoms. The molecule has 0 bridgehead atoms. The molecule has 0 aromatic heterocycles. The van der Waals surface area contributed by atoms with Crippen molar-refractivity contribution in [2.24, 2.45) is 0 Å². The van der Waals surface area contributed by atoms with Crippen LogP contribution in [0, 0.1) is 0 Å². The molecule has 5 nitrogen and oxygen atoms in total. The van der Waals surface area contributed by atoms with Gasteiger partial charge in [0.15, 0.2) is 0 Å². The van der Waals surface area contributed by atoms with Crippen LogP contribution in [-0.2, 0) is 0 Å². The highest BCUT2D eigenvalue weighted by atomic mass is 35.5. The highest BCUT2D eigenvalue weighted by Crippen LogP contribution is 2.25. The first kappa shape index (κ1) is 14.3. The highest BCUT2D eigenvalue weighted by molar-refractivity contribution is 6.31. The fourth-order valence-corrected chi connectivity index (χ4v) is 2.46. The largest absolute Gasteiger partial charge is 0.322 e. The summed E-state index contributed by atoms with van der Waals surface area (Å²) in [5.41, 5.74) is 1.48. The molecule has 1 aliphatic heterocycles. The summed E-state index contributed by atoms with van der Waals surface area (Å²) in [6, 6.07) is 11.2. The Kier molecular flexibility index (Phi) is 3.42. The number of amides is 3. The lowest BCUT2D eigenvalue weighted by Crippen LogP contribution is -2.24. The van der Waals surface area contributed by atoms with Crippen LogP contribution in [0.4, 0.5) is 5.69 Å². The number of nitrogens with zero attached hydrogens (tertiary/aromatic N) is 1. The number of halogens is 1. The molecule has 3 amide bonds. The van der Waals surface area contributed by atoms with Gasteiger partial charge in [0.05, 0.1) is 11.1 Å². The molecule has 0 saturated heterocycles. The van der Waals surface area contributed by atoms with E-state index in [0.29, 0.717) is 21.8 Å². The van der Waals surface area contributed by atoms with Crippen LogP contribution in [0.1, 0.15) is 31.1 Å². The third-order valence-electron chi connectivity index (χ3n) is 3.43. The van der Waals surface area contributed by atoms with Gasteiger partial charge in [-0.25, -0.2) is 0 Å². The van der Waals surface area contributed by atoms with E-state index in [1.54, 1.807) is 30.3 Å². The molecule has 1 heterocycles. The minimum absolute atomic E-state index is 0.288. The number of nitrogens with one attached hydrogen (secondary N) is 1. The van der Waals surface area contributed by atoms with E-state index < -0.39 is 0 Å². The lowest BCUT2D eigenvalue weighted by atomic mass is 10.1. The fraction of sp³-hybridized carbons (Fsp3) is 0.0625. The number of hydrogen-bond acceptors (Lipinski definition) is 3. The van der Waals surface area contributed by atoms with Gasteiger partial charge in [0.1, 0.15) is 0 Å². The van der Waals surface area contributed by atoms with Gasteiger partial charge in [0.25, 0.3) is 17.7 Å². The summed E-state index contributed by atoms with van der Waals surface area (Å²) in [5, 5.41) is 3.15. The van der Waals surface area contributed by atoms with Gasteiger partial charge in [-0.15, -0.1) is 0 Å². The van der Waals surface area contributed by atoms with Crippen LogP contribution >= 0.6 is 11.6 Å². The summed E-state index contributed by atoms with van der Waals surface area (Å²) < 4.78 is 0. The van der Waals surface area contributed by atoms with E-state index >= 15 is 0 Å². The normalized spacial score (nSPS) is 13.3. The van der Waals surface area contributed by atoms with E-state index in [0.717, 1.165) is 4.90 Å². The maximum atomic E-state index is 12.1. The number of anilines is 1. The molecular weight excluding hydrogens is 304 g/mol. The van der Waals surface area contributed by atoms with Crippen molar-refractivity contribution in [2.75, 3.05) is 12.4 Å². The molecule has 0 radical (unpaired) electrons. The van der Waals surface area contributed by atoms with E-state index in [2.05, 4.69) is 5.32 Å². The number of benzene rings is 2. The Morgan fingerprint density at radius 1 is 1.05 bits per heavy atom. The standard InChI is InChI=1S/C16H11ClN2O3/c1-19-15(21)12-6-5-11(8-13(12)16(19)22)18-14(20)9-3-2-4-10(17)7-9/h2-8H,1H3,(H,18,20). The van der Waals surface area contributed by atoms with Gasteiger partial charge in [-0.05, 0) is 36.4 Å². The lowest BCUT2D eigenvalue weighted by Gasteiger charge is -2.06. The molecule has 0 saturated carbocycles. The first-order valence-corrected chi connectivity index (χ1v) is 6.88. The van der Waals surface area contributed by atoms with Gasteiger partial charge in [-0.1, -0.05) is 17.7 Å². The quantitative estimate of drug-likeness (QED) is 0.867. The molecule has 0 aliphatic carbocycles. The molecule has 0 atom stereocenters. The summed E-state index contributed by atoms with van der Waals surface area (Å²) in [6.45, 7) is 0. The number of fused-ring (bicyclic) bond motifs is 1. The number of carbonyl (C=O) groups excluding carboxylic acids is 3. The van der Waals surface area contributed by atoms with Crippen molar-refractivity contribution < 1.29 is 14.4 Å². The third kappa shape index (κ3) is 2.35. The molecule has 3 rings (SSSR count). The summed E-state index contributed by atoms with van der Waals surface area (Å²) in [6.07, 6.45) is 0. The Labute approximate surface area is 131 Å². The smallest absolute Gasteiger partial charge is 0.261 e. The highest BCUT2D eigenvalue weighted by Gasteiger charge is 2.32. The second kappa shape index (κ2) is 5.27. The van der Waals surface area contributed by atoms with E-state index in [1.165, 1.54) is 19.2 Å². The Morgan fingerprint density at radius 3 is 2.50 bits per heavy atom. The van der Waals surface area contributed by atoms with Crippen molar-refractivity contribution >= 4 is 35.0 Å². The Bertz CT molecular complexity index is 817. The first-order chi connectivity index (χ1) is 10.5. The Morgan fingerprint density at radius 2 is 1.77 bits per heavy atom. The summed E-state index contributed by atoms with van der Waals surface area (Å²) >= 11 is 5.85. The molecule has 1 aliphatic rings. The predicted octanol–water partition coefficient (Wildman–Crippen LogP) is 2.82. The minimum Gasteiger partial charge on any atom is -0.322 e. The molecule has 2 aromatic carbocycles. The number of carbonyl (C=O) groups is 3. The van der Waals surface area contributed by atoms with E-state index in [-0.39, 0.29) is 23.3 Å². The first-order valence-electron chi connectivity index (χ1n) is 6.51. The number of imide groups is 1. The molecule has 2 aromatic rings. The van der Waals surface area contributed by atoms with Crippen molar-refractivity contribution in [1.29, 1.82) is 0 Å². The van der Waals surface area contributed by atoms with Crippen molar-refractivity contribution in [3.05, 3.63) is 64.2 Å². The van der Waals surface area contributed by atoms with E-state index in [4.69, 9.17) is 11.6 Å². The van der Waals surface area contributed by atoms with Gasteiger partial charge in [0, 0.05) is 23.3 Å². The van der Waals surface area contributed by atoms with Crippen molar-refractivity contribution in [3.63, 3.8) is 0 Å². The van der Waals surface area contributed by atoms with Crippen molar-refractivity contribution in [1.82, 2.24) is 4.90 Å². The monoisotopic (exact) mass is 314 g/mol. The van der Waals surface area contributed by atoms with Crippen LogP contribution < -0.4 is 5.32 Å². The van der Waals surface area contributed by atoms with Crippen LogP contribution in [0.25, 0.3) is 0 Å². The summed E-state index contributed by atoms with van der Waals surface area (Å²) in [5.74, 6) is -1.06. The van der Waals surface area contributed by atoms with Crippen LogP contribution in [0.15, 0.2) is 42.5 Å². The Balaban J connectivity index is 1.88. The molecule has 22 heavy (non-hydrogen) atoms. The average Bonchev–Trinajstić information content (AvgIpc) is 2.72. The molecule has 0 fully saturated rings. The van der Waals surface area contributed by atoms with E-state index in [1.807, 2.05) is 0 Å². The fourth-order valence-electron chi connectivity index (χ4n) is 2.27. The summed E-state index contributed by atoms with van der Waals surface area (Å²) in [4.78, 5) is 36.9. The zero-order valence-electron chi connectivity index (χ0n) is 11.6. The molecule has 0 spiro atoms.